The topological polar surface area (TPSA) is 41.6 Å². The highest BCUT2D eigenvalue weighted by molar-refractivity contribution is 5.94. The molecule has 0 bridgehead atoms. The molecule has 1 aliphatic rings. The fourth-order valence-electron chi connectivity index (χ4n) is 2.65. The zero-order valence-electron chi connectivity index (χ0n) is 12.1. The minimum Gasteiger partial charge on any atom is -0.380 e. The lowest BCUT2D eigenvalue weighted by Crippen LogP contribution is -2.55. The van der Waals surface area contributed by atoms with Gasteiger partial charge in [0.15, 0.2) is 0 Å². The Balaban J connectivity index is 2.18. The van der Waals surface area contributed by atoms with Gasteiger partial charge in [0.2, 0.25) is 0 Å². The fourth-order valence-corrected chi connectivity index (χ4v) is 2.65. The summed E-state index contributed by atoms with van der Waals surface area (Å²) in [5.41, 5.74) is 0.925. The predicted octanol–water partition coefficient (Wildman–Crippen LogP) is 1.79. The average molecular weight is 280 g/mol. The predicted molar refractivity (Wildman–Crippen MR) is 75.1 cm³/mol. The van der Waals surface area contributed by atoms with E-state index in [1.165, 1.54) is 19.2 Å². The quantitative estimate of drug-likeness (QED) is 0.918. The molecule has 4 nitrogen and oxygen atoms in total. The highest BCUT2D eigenvalue weighted by Gasteiger charge is 2.25. The number of amides is 1. The van der Waals surface area contributed by atoms with Crippen molar-refractivity contribution < 1.29 is 13.9 Å². The highest BCUT2D eigenvalue weighted by atomic mass is 19.1. The first-order valence-corrected chi connectivity index (χ1v) is 6.84. The first-order chi connectivity index (χ1) is 9.51. The molecule has 1 saturated heterocycles. The Bertz CT molecular complexity index is 483. The SMILES string of the molecule is COCc1cc(C(=O)N2C[C@@H](C)N[C@H](C)C2)ccc1F. The summed E-state index contributed by atoms with van der Waals surface area (Å²) in [6.45, 7) is 5.61. The standard InChI is InChI=1S/C15H21FN2O2/c1-10-7-18(8-11(2)17-10)15(19)12-4-5-14(16)13(6-12)9-20-3/h4-6,10-11,17H,7-9H2,1-3H3/t10-,11-/m1/s1. The van der Waals surface area contributed by atoms with Crippen molar-refractivity contribution in [3.8, 4) is 0 Å². The van der Waals surface area contributed by atoms with Crippen LogP contribution in [0.25, 0.3) is 0 Å². The number of piperazine rings is 1. The minimum atomic E-state index is -0.342. The van der Waals surface area contributed by atoms with Gasteiger partial charge in [-0.25, -0.2) is 4.39 Å². The number of rotatable bonds is 3. The van der Waals surface area contributed by atoms with Crippen molar-refractivity contribution >= 4 is 5.91 Å². The summed E-state index contributed by atoms with van der Waals surface area (Å²) in [6, 6.07) is 4.98. The average Bonchev–Trinajstić information content (AvgIpc) is 2.39. The summed E-state index contributed by atoms with van der Waals surface area (Å²) in [5, 5.41) is 3.38. The number of methoxy groups -OCH3 is 1. The molecule has 1 aromatic carbocycles. The van der Waals surface area contributed by atoms with Gasteiger partial charge in [-0.05, 0) is 32.0 Å². The number of halogens is 1. The Morgan fingerprint density at radius 2 is 2.05 bits per heavy atom. The molecule has 1 N–H and O–H groups in total. The maximum Gasteiger partial charge on any atom is 0.253 e. The Hall–Kier alpha value is -1.46. The third kappa shape index (κ3) is 3.35. The normalized spacial score (nSPS) is 22.9. The summed E-state index contributed by atoms with van der Waals surface area (Å²) < 4.78 is 18.5. The molecule has 1 fully saturated rings. The van der Waals surface area contributed by atoms with Crippen LogP contribution in [0.3, 0.4) is 0 Å². The number of hydrogen-bond donors (Lipinski definition) is 1. The van der Waals surface area contributed by atoms with Crippen molar-refractivity contribution in [2.24, 2.45) is 0 Å². The van der Waals surface area contributed by atoms with Crippen LogP contribution in [0.1, 0.15) is 29.8 Å². The molecule has 1 heterocycles. The van der Waals surface area contributed by atoms with Crippen LogP contribution >= 0.6 is 0 Å². The molecule has 0 aliphatic carbocycles. The summed E-state index contributed by atoms with van der Waals surface area (Å²) in [7, 11) is 1.51. The van der Waals surface area contributed by atoms with Crippen LogP contribution in [0, 0.1) is 5.82 Å². The molecule has 1 aromatic rings. The number of ether oxygens (including phenoxy) is 1. The molecule has 0 spiro atoms. The zero-order valence-corrected chi connectivity index (χ0v) is 12.1. The number of nitrogens with zero attached hydrogens (tertiary/aromatic N) is 1. The second kappa shape index (κ2) is 6.33. The number of nitrogens with one attached hydrogen (secondary N) is 1. The number of hydrogen-bond acceptors (Lipinski definition) is 3. The monoisotopic (exact) mass is 280 g/mol. The van der Waals surface area contributed by atoms with Crippen LogP contribution in [0.5, 0.6) is 0 Å². The van der Waals surface area contributed by atoms with E-state index in [4.69, 9.17) is 4.74 Å². The van der Waals surface area contributed by atoms with E-state index < -0.39 is 0 Å². The van der Waals surface area contributed by atoms with E-state index in [1.807, 2.05) is 4.90 Å². The van der Waals surface area contributed by atoms with Gasteiger partial charge in [-0.3, -0.25) is 4.79 Å². The maximum atomic E-state index is 13.6. The van der Waals surface area contributed by atoms with Gasteiger partial charge in [0.1, 0.15) is 5.82 Å². The lowest BCUT2D eigenvalue weighted by atomic mass is 10.1. The molecular formula is C15H21FN2O2. The largest absolute Gasteiger partial charge is 0.380 e. The van der Waals surface area contributed by atoms with Gasteiger partial charge < -0.3 is 15.0 Å². The minimum absolute atomic E-state index is 0.0532. The van der Waals surface area contributed by atoms with Crippen LogP contribution in [0.2, 0.25) is 0 Å². The van der Waals surface area contributed by atoms with Crippen LogP contribution in [-0.2, 0) is 11.3 Å². The van der Waals surface area contributed by atoms with Crippen molar-refractivity contribution in [3.05, 3.63) is 35.1 Å². The Labute approximate surface area is 118 Å². The number of carbonyl (C=O) groups is 1. The van der Waals surface area contributed by atoms with Gasteiger partial charge in [-0.15, -0.1) is 0 Å². The van der Waals surface area contributed by atoms with Gasteiger partial charge in [-0.2, -0.15) is 0 Å². The van der Waals surface area contributed by atoms with Crippen molar-refractivity contribution in [3.63, 3.8) is 0 Å². The zero-order chi connectivity index (χ0) is 14.7. The number of benzene rings is 1. The molecular weight excluding hydrogens is 259 g/mol. The van der Waals surface area contributed by atoms with Gasteiger partial charge in [-0.1, -0.05) is 0 Å². The molecule has 0 radical (unpaired) electrons. The maximum absolute atomic E-state index is 13.6. The fraction of sp³-hybridized carbons (Fsp3) is 0.533. The first kappa shape index (κ1) is 14.9. The van der Waals surface area contributed by atoms with Crippen LogP contribution in [0.15, 0.2) is 18.2 Å². The van der Waals surface area contributed by atoms with Crippen LogP contribution in [0.4, 0.5) is 4.39 Å². The van der Waals surface area contributed by atoms with E-state index >= 15 is 0 Å². The van der Waals surface area contributed by atoms with Gasteiger partial charge in [0.05, 0.1) is 6.61 Å². The second-order valence-electron chi connectivity index (χ2n) is 5.42. The molecule has 20 heavy (non-hydrogen) atoms. The van der Waals surface area contributed by atoms with Crippen molar-refractivity contribution in [2.45, 2.75) is 32.5 Å². The van der Waals surface area contributed by atoms with Crippen molar-refractivity contribution in [1.82, 2.24) is 10.2 Å². The second-order valence-corrected chi connectivity index (χ2v) is 5.42. The molecule has 1 amide bonds. The highest BCUT2D eigenvalue weighted by Crippen LogP contribution is 2.15. The molecule has 0 aromatic heterocycles. The molecule has 0 unspecified atom stereocenters. The molecule has 110 valence electrons. The Kier molecular flexibility index (Phi) is 4.73. The Morgan fingerprint density at radius 3 is 2.65 bits per heavy atom. The molecule has 2 atom stereocenters. The molecule has 1 aliphatic heterocycles. The van der Waals surface area contributed by atoms with E-state index in [0.717, 1.165) is 0 Å². The Morgan fingerprint density at radius 1 is 1.40 bits per heavy atom. The van der Waals surface area contributed by atoms with Crippen LogP contribution in [-0.4, -0.2) is 43.1 Å². The third-order valence-electron chi connectivity index (χ3n) is 3.44. The first-order valence-electron chi connectivity index (χ1n) is 6.84. The summed E-state index contributed by atoms with van der Waals surface area (Å²) in [5.74, 6) is -0.395. The van der Waals surface area contributed by atoms with E-state index in [0.29, 0.717) is 24.2 Å². The molecule has 0 saturated carbocycles. The van der Waals surface area contributed by atoms with Crippen molar-refractivity contribution in [1.29, 1.82) is 0 Å². The van der Waals surface area contributed by atoms with E-state index in [1.54, 1.807) is 6.07 Å². The summed E-state index contributed by atoms with van der Waals surface area (Å²) in [6.07, 6.45) is 0. The summed E-state index contributed by atoms with van der Waals surface area (Å²) >= 11 is 0. The molecule has 2 rings (SSSR count). The van der Waals surface area contributed by atoms with E-state index in [-0.39, 0.29) is 30.4 Å². The third-order valence-corrected chi connectivity index (χ3v) is 3.44. The lowest BCUT2D eigenvalue weighted by Gasteiger charge is -2.36. The van der Waals surface area contributed by atoms with E-state index in [9.17, 15) is 9.18 Å². The number of carbonyl (C=O) groups excluding carboxylic acids is 1. The summed E-state index contributed by atoms with van der Waals surface area (Å²) in [4.78, 5) is 14.3. The van der Waals surface area contributed by atoms with Gasteiger partial charge in [0, 0.05) is 43.4 Å². The van der Waals surface area contributed by atoms with Gasteiger partial charge in [0.25, 0.3) is 5.91 Å². The smallest absolute Gasteiger partial charge is 0.253 e. The van der Waals surface area contributed by atoms with E-state index in [2.05, 4.69) is 19.2 Å². The molecule has 5 heteroatoms. The lowest BCUT2D eigenvalue weighted by molar-refractivity contribution is 0.0673. The van der Waals surface area contributed by atoms with Crippen molar-refractivity contribution in [2.75, 3.05) is 20.2 Å². The van der Waals surface area contributed by atoms with Gasteiger partial charge >= 0.3 is 0 Å². The van der Waals surface area contributed by atoms with Crippen LogP contribution < -0.4 is 5.32 Å².